The van der Waals surface area contributed by atoms with E-state index in [0.717, 1.165) is 16.6 Å². The molecule has 1 atom stereocenters. The SMILES string of the molecule is Cc1ccc(NC(=O)[C@@H](C)Sc2nnc(-c3cccs3)o2)cc1F. The molecule has 0 spiro atoms. The maximum Gasteiger partial charge on any atom is 0.277 e. The van der Waals surface area contributed by atoms with E-state index in [1.54, 1.807) is 26.0 Å². The van der Waals surface area contributed by atoms with Crippen molar-refractivity contribution in [1.82, 2.24) is 10.2 Å². The summed E-state index contributed by atoms with van der Waals surface area (Å²) < 4.78 is 19.1. The third-order valence-electron chi connectivity index (χ3n) is 3.22. The van der Waals surface area contributed by atoms with E-state index in [0.29, 0.717) is 22.4 Å². The van der Waals surface area contributed by atoms with Crippen LogP contribution < -0.4 is 5.32 Å². The minimum atomic E-state index is -0.467. The van der Waals surface area contributed by atoms with Crippen LogP contribution in [-0.2, 0) is 4.79 Å². The van der Waals surface area contributed by atoms with Crippen LogP contribution in [0.4, 0.5) is 10.1 Å². The number of nitrogens with zero attached hydrogens (tertiary/aromatic N) is 2. The molecule has 3 rings (SSSR count). The monoisotopic (exact) mass is 363 g/mol. The lowest BCUT2D eigenvalue weighted by Crippen LogP contribution is -2.22. The van der Waals surface area contributed by atoms with E-state index in [4.69, 9.17) is 4.42 Å². The third kappa shape index (κ3) is 3.82. The molecule has 0 fully saturated rings. The van der Waals surface area contributed by atoms with E-state index in [1.165, 1.54) is 17.4 Å². The Morgan fingerprint density at radius 2 is 2.21 bits per heavy atom. The minimum Gasteiger partial charge on any atom is -0.410 e. The molecule has 24 heavy (non-hydrogen) atoms. The molecule has 2 aromatic heterocycles. The Kier molecular flexibility index (Phi) is 4.96. The highest BCUT2D eigenvalue weighted by atomic mass is 32.2. The molecule has 0 radical (unpaired) electrons. The number of carbonyl (C=O) groups excluding carboxylic acids is 1. The Labute approximate surface area is 146 Å². The van der Waals surface area contributed by atoms with Crippen LogP contribution in [0.5, 0.6) is 0 Å². The summed E-state index contributed by atoms with van der Waals surface area (Å²) in [7, 11) is 0. The Bertz CT molecular complexity index is 849. The molecule has 1 aromatic carbocycles. The van der Waals surface area contributed by atoms with Gasteiger partial charge in [-0.25, -0.2) is 4.39 Å². The Morgan fingerprint density at radius 1 is 1.38 bits per heavy atom. The molecule has 8 heteroatoms. The van der Waals surface area contributed by atoms with Gasteiger partial charge in [-0.1, -0.05) is 23.9 Å². The number of thiophene rings is 1. The molecule has 0 aliphatic carbocycles. The van der Waals surface area contributed by atoms with Gasteiger partial charge in [-0.2, -0.15) is 0 Å². The fourth-order valence-electron chi connectivity index (χ4n) is 1.88. The summed E-state index contributed by atoms with van der Waals surface area (Å²) in [5.41, 5.74) is 0.947. The second-order valence-electron chi connectivity index (χ2n) is 5.06. The largest absolute Gasteiger partial charge is 0.410 e. The molecule has 0 bridgehead atoms. The zero-order valence-electron chi connectivity index (χ0n) is 12.9. The van der Waals surface area contributed by atoms with Crippen molar-refractivity contribution < 1.29 is 13.6 Å². The van der Waals surface area contributed by atoms with Crippen LogP contribution in [-0.4, -0.2) is 21.4 Å². The normalized spacial score (nSPS) is 12.1. The van der Waals surface area contributed by atoms with E-state index in [-0.39, 0.29) is 11.7 Å². The number of benzene rings is 1. The predicted octanol–water partition coefficient (Wildman–Crippen LogP) is 4.36. The van der Waals surface area contributed by atoms with Crippen molar-refractivity contribution in [2.24, 2.45) is 0 Å². The van der Waals surface area contributed by atoms with Crippen LogP contribution in [0.25, 0.3) is 10.8 Å². The van der Waals surface area contributed by atoms with E-state index in [1.807, 2.05) is 17.5 Å². The van der Waals surface area contributed by atoms with Crippen molar-refractivity contribution >= 4 is 34.7 Å². The number of amides is 1. The standard InChI is InChI=1S/C16H14FN3O2S2/c1-9-5-6-11(8-12(9)17)18-14(21)10(2)24-16-20-19-15(22-16)13-4-3-7-23-13/h3-8,10H,1-2H3,(H,18,21)/t10-/m1/s1. The quantitative estimate of drug-likeness (QED) is 0.682. The van der Waals surface area contributed by atoms with Gasteiger partial charge in [-0.15, -0.1) is 21.5 Å². The first-order valence-corrected chi connectivity index (χ1v) is 8.90. The zero-order chi connectivity index (χ0) is 17.1. The Morgan fingerprint density at radius 3 is 2.92 bits per heavy atom. The number of hydrogen-bond acceptors (Lipinski definition) is 6. The molecule has 2 heterocycles. The van der Waals surface area contributed by atoms with Gasteiger partial charge in [0.05, 0.1) is 10.1 Å². The molecule has 3 aromatic rings. The van der Waals surface area contributed by atoms with Crippen molar-refractivity contribution in [3.8, 4) is 10.8 Å². The first-order chi connectivity index (χ1) is 11.5. The van der Waals surface area contributed by atoms with Crippen LogP contribution in [0.1, 0.15) is 12.5 Å². The fraction of sp³-hybridized carbons (Fsp3) is 0.188. The smallest absolute Gasteiger partial charge is 0.277 e. The lowest BCUT2D eigenvalue weighted by atomic mass is 10.2. The summed E-state index contributed by atoms with van der Waals surface area (Å²) in [6.45, 7) is 3.39. The summed E-state index contributed by atoms with van der Waals surface area (Å²) in [5.74, 6) is -0.189. The average molecular weight is 363 g/mol. The van der Waals surface area contributed by atoms with E-state index >= 15 is 0 Å². The molecule has 0 aliphatic heterocycles. The van der Waals surface area contributed by atoms with Crippen LogP contribution in [0.15, 0.2) is 45.4 Å². The molecule has 1 N–H and O–H groups in total. The lowest BCUT2D eigenvalue weighted by Gasteiger charge is -2.10. The predicted molar refractivity (Wildman–Crippen MR) is 92.7 cm³/mol. The topological polar surface area (TPSA) is 68.0 Å². The first kappa shape index (κ1) is 16.7. The number of anilines is 1. The Balaban J connectivity index is 1.62. The van der Waals surface area contributed by atoms with Crippen molar-refractivity contribution in [3.05, 3.63) is 47.1 Å². The maximum atomic E-state index is 13.5. The summed E-state index contributed by atoms with van der Waals surface area (Å²) >= 11 is 2.65. The molecular weight excluding hydrogens is 349 g/mol. The summed E-state index contributed by atoms with van der Waals surface area (Å²) in [5, 5.41) is 12.4. The van der Waals surface area contributed by atoms with Gasteiger partial charge in [-0.3, -0.25) is 4.79 Å². The number of aromatic nitrogens is 2. The summed E-state index contributed by atoms with van der Waals surface area (Å²) in [6.07, 6.45) is 0. The number of thioether (sulfide) groups is 1. The summed E-state index contributed by atoms with van der Waals surface area (Å²) in [4.78, 5) is 13.1. The van der Waals surface area contributed by atoms with Gasteiger partial charge >= 0.3 is 0 Å². The maximum absolute atomic E-state index is 13.5. The van der Waals surface area contributed by atoms with Gasteiger partial charge in [0.25, 0.3) is 11.1 Å². The number of carbonyl (C=O) groups is 1. The van der Waals surface area contributed by atoms with Gasteiger partial charge in [0.1, 0.15) is 5.82 Å². The van der Waals surface area contributed by atoms with Gasteiger partial charge in [0, 0.05) is 5.69 Å². The van der Waals surface area contributed by atoms with Gasteiger partial charge in [0.15, 0.2) is 0 Å². The number of aryl methyl sites for hydroxylation is 1. The number of hydrogen-bond donors (Lipinski definition) is 1. The van der Waals surface area contributed by atoms with Crippen molar-refractivity contribution in [2.75, 3.05) is 5.32 Å². The molecular formula is C16H14FN3O2S2. The highest BCUT2D eigenvalue weighted by molar-refractivity contribution is 8.00. The van der Waals surface area contributed by atoms with E-state index < -0.39 is 5.25 Å². The fourth-order valence-corrected chi connectivity index (χ4v) is 3.20. The van der Waals surface area contributed by atoms with Crippen LogP contribution in [0.3, 0.4) is 0 Å². The van der Waals surface area contributed by atoms with Gasteiger partial charge in [0.2, 0.25) is 5.91 Å². The van der Waals surface area contributed by atoms with Crippen LogP contribution in [0.2, 0.25) is 0 Å². The van der Waals surface area contributed by atoms with Crippen molar-refractivity contribution in [1.29, 1.82) is 0 Å². The van der Waals surface area contributed by atoms with E-state index in [2.05, 4.69) is 15.5 Å². The highest BCUT2D eigenvalue weighted by Gasteiger charge is 2.19. The second kappa shape index (κ2) is 7.14. The molecule has 0 saturated heterocycles. The van der Waals surface area contributed by atoms with Crippen molar-refractivity contribution in [2.45, 2.75) is 24.3 Å². The molecule has 5 nitrogen and oxygen atoms in total. The highest BCUT2D eigenvalue weighted by Crippen LogP contribution is 2.28. The number of rotatable bonds is 5. The molecule has 0 saturated carbocycles. The molecule has 0 unspecified atom stereocenters. The first-order valence-electron chi connectivity index (χ1n) is 7.14. The molecule has 124 valence electrons. The number of nitrogens with one attached hydrogen (secondary N) is 1. The van der Waals surface area contributed by atoms with Crippen LogP contribution >= 0.6 is 23.1 Å². The van der Waals surface area contributed by atoms with Crippen molar-refractivity contribution in [3.63, 3.8) is 0 Å². The molecule has 1 amide bonds. The minimum absolute atomic E-state index is 0.265. The summed E-state index contributed by atoms with van der Waals surface area (Å²) in [6, 6.07) is 8.36. The van der Waals surface area contributed by atoms with E-state index in [9.17, 15) is 9.18 Å². The zero-order valence-corrected chi connectivity index (χ0v) is 14.6. The lowest BCUT2D eigenvalue weighted by molar-refractivity contribution is -0.115. The van der Waals surface area contributed by atoms with Crippen LogP contribution in [0, 0.1) is 12.7 Å². The van der Waals surface area contributed by atoms with Gasteiger partial charge < -0.3 is 9.73 Å². The second-order valence-corrected chi connectivity index (χ2v) is 7.30. The Hall–Kier alpha value is -2.19. The van der Waals surface area contributed by atoms with Gasteiger partial charge in [-0.05, 0) is 43.0 Å². The number of halogens is 1. The third-order valence-corrected chi connectivity index (χ3v) is 5.02. The molecule has 0 aliphatic rings. The average Bonchev–Trinajstić information content (AvgIpc) is 3.21.